The van der Waals surface area contributed by atoms with Crippen LogP contribution in [0.15, 0.2) is 17.3 Å². The summed E-state index contributed by atoms with van der Waals surface area (Å²) in [4.78, 5) is 27.0. The van der Waals surface area contributed by atoms with Crippen LogP contribution in [0.25, 0.3) is 0 Å². The molecular formula is C10H10BrNO5. The highest BCUT2D eigenvalue weighted by Gasteiger charge is 2.51. The second-order valence-electron chi connectivity index (χ2n) is 3.83. The van der Waals surface area contributed by atoms with Gasteiger partial charge in [0.2, 0.25) is 0 Å². The Morgan fingerprint density at radius 3 is 3.12 bits per heavy atom. The predicted octanol–water partition coefficient (Wildman–Crippen LogP) is -0.0622. The molecule has 0 saturated carbocycles. The lowest BCUT2D eigenvalue weighted by Gasteiger charge is -2.33. The number of aliphatic hydroxyl groups is 1. The fourth-order valence-corrected chi connectivity index (χ4v) is 2.36. The Balaban J connectivity index is 2.22. The minimum atomic E-state index is -1.16. The number of aliphatic hydroxyl groups excluding tert-OH is 1. The smallest absolute Gasteiger partial charge is 0.356 e. The molecule has 7 heteroatoms. The van der Waals surface area contributed by atoms with Gasteiger partial charge in [0.25, 0.3) is 0 Å². The molecule has 0 unspecified atom stereocenters. The number of nitrogens with zero attached hydrogens (tertiary/aromatic N) is 1. The maximum atomic E-state index is 11.3. The van der Waals surface area contributed by atoms with E-state index in [4.69, 9.17) is 4.84 Å². The summed E-state index contributed by atoms with van der Waals surface area (Å²) >= 11 is 3.08. The van der Waals surface area contributed by atoms with E-state index < -0.39 is 22.5 Å². The van der Waals surface area contributed by atoms with Gasteiger partial charge in [-0.3, -0.25) is 4.79 Å². The molecule has 0 radical (unpaired) electrons. The molecule has 1 N–H and O–H groups in total. The number of carbonyl (C=O) groups is 2. The van der Waals surface area contributed by atoms with Crippen molar-refractivity contribution in [3.8, 4) is 0 Å². The Labute approximate surface area is 105 Å². The van der Waals surface area contributed by atoms with Crippen molar-refractivity contribution < 1.29 is 24.3 Å². The van der Waals surface area contributed by atoms with E-state index in [0.717, 1.165) is 0 Å². The van der Waals surface area contributed by atoms with Crippen LogP contribution in [0, 0.1) is 0 Å². The number of alkyl halides is 1. The Hall–Kier alpha value is -1.21. The van der Waals surface area contributed by atoms with Gasteiger partial charge in [0.05, 0.1) is 7.11 Å². The Kier molecular flexibility index (Phi) is 3.05. The number of ether oxygens (including phenoxy) is 1. The summed E-state index contributed by atoms with van der Waals surface area (Å²) in [6.45, 7) is 0. The lowest BCUT2D eigenvalue weighted by Crippen LogP contribution is -2.51. The SMILES string of the molecule is COC(=O)C1=NO[C@]2(C=CC(=O)[C@@H](Br)[C@@H]2O)C1. The number of methoxy groups -OCH3 is 1. The fraction of sp³-hybridized carbons (Fsp3) is 0.500. The molecule has 1 spiro atoms. The summed E-state index contributed by atoms with van der Waals surface area (Å²) in [5, 5.41) is 13.6. The lowest BCUT2D eigenvalue weighted by atomic mass is 9.83. The van der Waals surface area contributed by atoms with Crippen LogP contribution in [0.5, 0.6) is 0 Å². The van der Waals surface area contributed by atoms with Crippen LogP contribution < -0.4 is 0 Å². The van der Waals surface area contributed by atoms with E-state index >= 15 is 0 Å². The fourth-order valence-electron chi connectivity index (χ4n) is 1.76. The van der Waals surface area contributed by atoms with Crippen LogP contribution in [0.3, 0.4) is 0 Å². The van der Waals surface area contributed by atoms with Gasteiger partial charge in [-0.05, 0) is 12.2 Å². The number of hydrogen-bond donors (Lipinski definition) is 1. The Morgan fingerprint density at radius 1 is 1.76 bits per heavy atom. The van der Waals surface area contributed by atoms with Crippen molar-refractivity contribution in [1.82, 2.24) is 0 Å². The van der Waals surface area contributed by atoms with E-state index in [-0.39, 0.29) is 17.9 Å². The van der Waals surface area contributed by atoms with Crippen molar-refractivity contribution in [3.05, 3.63) is 12.2 Å². The molecule has 92 valence electrons. The maximum absolute atomic E-state index is 11.3. The molecule has 1 aliphatic heterocycles. The van der Waals surface area contributed by atoms with E-state index in [9.17, 15) is 14.7 Å². The van der Waals surface area contributed by atoms with Crippen LogP contribution >= 0.6 is 15.9 Å². The number of esters is 1. The molecule has 0 amide bonds. The highest BCUT2D eigenvalue weighted by Crippen LogP contribution is 2.36. The zero-order valence-electron chi connectivity index (χ0n) is 8.92. The van der Waals surface area contributed by atoms with E-state index in [1.807, 2.05) is 0 Å². The van der Waals surface area contributed by atoms with Gasteiger partial charge in [-0.2, -0.15) is 0 Å². The molecule has 0 aromatic heterocycles. The normalized spacial score (nSPS) is 35.7. The monoisotopic (exact) mass is 303 g/mol. The van der Waals surface area contributed by atoms with E-state index in [1.165, 1.54) is 19.3 Å². The molecule has 0 aromatic rings. The number of rotatable bonds is 1. The standard InChI is InChI=1S/C10H10BrNO5/c1-16-9(15)5-4-10(17-12-5)3-2-6(13)7(11)8(10)14/h2-3,7-8,14H,4H2,1H3/t7-,8+,10-/m1/s1. The third kappa shape index (κ3) is 1.89. The van der Waals surface area contributed by atoms with Crippen molar-refractivity contribution in [2.45, 2.75) is 23.0 Å². The molecule has 1 aliphatic carbocycles. The summed E-state index contributed by atoms with van der Waals surface area (Å²) in [5.74, 6) is -0.858. The zero-order chi connectivity index (χ0) is 12.6. The number of halogens is 1. The van der Waals surface area contributed by atoms with E-state index in [1.54, 1.807) is 0 Å². The van der Waals surface area contributed by atoms with E-state index in [2.05, 4.69) is 25.8 Å². The van der Waals surface area contributed by atoms with Gasteiger partial charge < -0.3 is 14.7 Å². The second kappa shape index (κ2) is 4.23. The van der Waals surface area contributed by atoms with Gasteiger partial charge >= 0.3 is 5.97 Å². The van der Waals surface area contributed by atoms with Crippen LogP contribution in [-0.4, -0.2) is 46.2 Å². The van der Waals surface area contributed by atoms with Crippen molar-refractivity contribution in [2.24, 2.45) is 5.16 Å². The minimum absolute atomic E-state index is 0.0761. The van der Waals surface area contributed by atoms with E-state index in [0.29, 0.717) is 0 Å². The van der Waals surface area contributed by atoms with Crippen molar-refractivity contribution in [1.29, 1.82) is 0 Å². The molecule has 17 heavy (non-hydrogen) atoms. The van der Waals surface area contributed by atoms with Crippen molar-refractivity contribution >= 4 is 33.4 Å². The van der Waals surface area contributed by atoms with Gasteiger partial charge in [-0.1, -0.05) is 21.1 Å². The van der Waals surface area contributed by atoms with Gasteiger partial charge in [-0.25, -0.2) is 4.79 Å². The number of hydrogen-bond acceptors (Lipinski definition) is 6. The average molecular weight is 304 g/mol. The number of allylic oxidation sites excluding steroid dienone is 1. The first kappa shape index (κ1) is 12.3. The minimum Gasteiger partial charge on any atom is -0.464 e. The largest absolute Gasteiger partial charge is 0.464 e. The molecule has 3 atom stereocenters. The lowest BCUT2D eigenvalue weighted by molar-refractivity contribution is -0.132. The summed E-state index contributed by atoms with van der Waals surface area (Å²) in [6.07, 6.45) is 1.71. The van der Waals surface area contributed by atoms with Crippen LogP contribution in [-0.2, 0) is 19.2 Å². The third-order valence-electron chi connectivity index (χ3n) is 2.77. The first-order valence-electron chi connectivity index (χ1n) is 4.89. The third-order valence-corrected chi connectivity index (χ3v) is 3.72. The van der Waals surface area contributed by atoms with Gasteiger partial charge in [0.1, 0.15) is 10.9 Å². The first-order chi connectivity index (χ1) is 8.00. The van der Waals surface area contributed by atoms with Gasteiger partial charge in [0, 0.05) is 6.42 Å². The predicted molar refractivity (Wildman–Crippen MR) is 60.8 cm³/mol. The quantitative estimate of drug-likeness (QED) is 0.542. The zero-order valence-corrected chi connectivity index (χ0v) is 10.5. The molecule has 2 aliphatic rings. The number of ketones is 1. The molecular weight excluding hydrogens is 294 g/mol. The van der Waals surface area contributed by atoms with Crippen LogP contribution in [0.4, 0.5) is 0 Å². The molecule has 0 bridgehead atoms. The molecule has 2 rings (SSSR count). The Bertz CT molecular complexity index is 432. The molecule has 0 fully saturated rings. The van der Waals surface area contributed by atoms with Crippen molar-refractivity contribution in [2.75, 3.05) is 7.11 Å². The first-order valence-corrected chi connectivity index (χ1v) is 5.80. The molecule has 1 heterocycles. The second-order valence-corrected chi connectivity index (χ2v) is 4.82. The highest BCUT2D eigenvalue weighted by molar-refractivity contribution is 9.10. The summed E-state index contributed by atoms with van der Waals surface area (Å²) in [6, 6.07) is 0. The molecule has 6 nitrogen and oxygen atoms in total. The maximum Gasteiger partial charge on any atom is 0.356 e. The average Bonchev–Trinajstić information content (AvgIpc) is 2.77. The number of oxime groups is 1. The van der Waals surface area contributed by atoms with Crippen LogP contribution in [0.1, 0.15) is 6.42 Å². The topological polar surface area (TPSA) is 85.2 Å². The summed E-state index contributed by atoms with van der Waals surface area (Å²) < 4.78 is 4.52. The van der Waals surface area contributed by atoms with Gasteiger partial charge in [-0.15, -0.1) is 0 Å². The summed E-state index contributed by atoms with van der Waals surface area (Å²) in [5.41, 5.74) is -1.07. The highest BCUT2D eigenvalue weighted by atomic mass is 79.9. The van der Waals surface area contributed by atoms with Gasteiger partial charge in [0.15, 0.2) is 17.1 Å². The van der Waals surface area contributed by atoms with Crippen LogP contribution in [0.2, 0.25) is 0 Å². The molecule has 0 saturated heterocycles. The summed E-state index contributed by atoms with van der Waals surface area (Å²) in [7, 11) is 1.24. The van der Waals surface area contributed by atoms with Crippen molar-refractivity contribution in [3.63, 3.8) is 0 Å². The Morgan fingerprint density at radius 2 is 2.47 bits per heavy atom. The molecule has 0 aromatic carbocycles. The number of carbonyl (C=O) groups excluding carboxylic acids is 2.